The van der Waals surface area contributed by atoms with Gasteiger partial charge in [-0.2, -0.15) is 0 Å². The molecule has 5 heteroatoms. The number of hydrogen-bond donors (Lipinski definition) is 0. The maximum Gasteiger partial charge on any atom is 0.144 e. The van der Waals surface area contributed by atoms with Crippen LogP contribution in [0.25, 0.3) is 22.4 Å². The van der Waals surface area contributed by atoms with E-state index in [4.69, 9.17) is 11.6 Å². The summed E-state index contributed by atoms with van der Waals surface area (Å²) in [6, 6.07) is 7.59. The van der Waals surface area contributed by atoms with Crippen molar-refractivity contribution in [1.29, 1.82) is 0 Å². The number of pyridine rings is 1. The lowest BCUT2D eigenvalue weighted by Crippen LogP contribution is -1.93. The van der Waals surface area contributed by atoms with Crippen LogP contribution in [0.1, 0.15) is 0 Å². The lowest BCUT2D eigenvalue weighted by atomic mass is 10.2. The van der Waals surface area contributed by atoms with Crippen LogP contribution in [0.15, 0.2) is 36.8 Å². The quantitative estimate of drug-likeness (QED) is 0.661. The highest BCUT2D eigenvalue weighted by Crippen LogP contribution is 2.27. The zero-order valence-electron chi connectivity index (χ0n) is 9.13. The van der Waals surface area contributed by atoms with Crippen molar-refractivity contribution in [3.05, 3.63) is 41.9 Å². The Morgan fingerprint density at radius 3 is 2.82 bits per heavy atom. The monoisotopic (exact) mass is 244 g/mol. The van der Waals surface area contributed by atoms with E-state index < -0.39 is 0 Å². The van der Waals surface area contributed by atoms with Gasteiger partial charge >= 0.3 is 0 Å². The van der Waals surface area contributed by atoms with Gasteiger partial charge in [0.25, 0.3) is 0 Å². The van der Waals surface area contributed by atoms with Gasteiger partial charge in [0.2, 0.25) is 0 Å². The van der Waals surface area contributed by atoms with Crippen LogP contribution in [0.2, 0.25) is 5.15 Å². The van der Waals surface area contributed by atoms with E-state index in [-0.39, 0.29) is 0 Å². The van der Waals surface area contributed by atoms with Crippen LogP contribution >= 0.6 is 11.6 Å². The van der Waals surface area contributed by atoms with Gasteiger partial charge in [-0.15, -0.1) is 0 Å². The molecule has 0 amide bonds. The minimum absolute atomic E-state index is 0.637. The number of halogens is 1. The molecule has 3 aromatic heterocycles. The van der Waals surface area contributed by atoms with E-state index in [0.717, 1.165) is 22.4 Å². The van der Waals surface area contributed by atoms with Crippen molar-refractivity contribution in [2.45, 2.75) is 0 Å². The third-order valence-corrected chi connectivity index (χ3v) is 3.03. The average Bonchev–Trinajstić information content (AvgIpc) is 2.67. The summed E-state index contributed by atoms with van der Waals surface area (Å²) in [7, 11) is 1.87. The fourth-order valence-corrected chi connectivity index (χ4v) is 2.00. The first-order chi connectivity index (χ1) is 8.27. The van der Waals surface area contributed by atoms with Crippen molar-refractivity contribution in [2.24, 2.45) is 7.05 Å². The molecule has 0 aliphatic rings. The second kappa shape index (κ2) is 3.82. The zero-order valence-corrected chi connectivity index (χ0v) is 9.89. The Kier molecular flexibility index (Phi) is 2.30. The van der Waals surface area contributed by atoms with Crippen LogP contribution in [0, 0.1) is 0 Å². The molecule has 0 fully saturated rings. The lowest BCUT2D eigenvalue weighted by molar-refractivity contribution is 0.944. The smallest absolute Gasteiger partial charge is 0.144 e. The second-order valence-electron chi connectivity index (χ2n) is 3.70. The predicted octanol–water partition coefficient (Wildman–Crippen LogP) is 2.68. The van der Waals surface area contributed by atoms with Crippen molar-refractivity contribution in [2.75, 3.05) is 0 Å². The van der Waals surface area contributed by atoms with Gasteiger partial charge in [-0.1, -0.05) is 17.7 Å². The van der Waals surface area contributed by atoms with Gasteiger partial charge in [0.1, 0.15) is 22.8 Å². The Bertz CT molecular complexity index is 676. The molecule has 0 atom stereocenters. The van der Waals surface area contributed by atoms with Gasteiger partial charge < -0.3 is 4.57 Å². The fourth-order valence-electron chi connectivity index (χ4n) is 1.81. The Morgan fingerprint density at radius 2 is 2.06 bits per heavy atom. The molecular formula is C12H9ClN4. The summed E-state index contributed by atoms with van der Waals surface area (Å²) >= 11 is 6.09. The van der Waals surface area contributed by atoms with Crippen LogP contribution in [-0.4, -0.2) is 19.5 Å². The van der Waals surface area contributed by atoms with Gasteiger partial charge in [0.15, 0.2) is 0 Å². The van der Waals surface area contributed by atoms with E-state index in [2.05, 4.69) is 15.0 Å². The number of hydrogen-bond acceptors (Lipinski definition) is 3. The number of aromatic nitrogens is 4. The van der Waals surface area contributed by atoms with Crippen LogP contribution in [-0.2, 0) is 7.05 Å². The topological polar surface area (TPSA) is 43.6 Å². The first-order valence-electron chi connectivity index (χ1n) is 5.14. The van der Waals surface area contributed by atoms with Crippen LogP contribution in [0.5, 0.6) is 0 Å². The summed E-state index contributed by atoms with van der Waals surface area (Å²) in [6.45, 7) is 0. The highest BCUT2D eigenvalue weighted by Gasteiger charge is 2.12. The van der Waals surface area contributed by atoms with Gasteiger partial charge in [0.05, 0.1) is 5.69 Å². The molecule has 0 aliphatic carbocycles. The molecule has 0 saturated carbocycles. The molecule has 0 radical (unpaired) electrons. The molecule has 0 saturated heterocycles. The van der Waals surface area contributed by atoms with E-state index >= 15 is 0 Å². The number of rotatable bonds is 1. The maximum absolute atomic E-state index is 6.09. The fraction of sp³-hybridized carbons (Fsp3) is 0.0833. The molecular weight excluding hydrogens is 236 g/mol. The molecule has 0 spiro atoms. The first kappa shape index (κ1) is 10.2. The van der Waals surface area contributed by atoms with Gasteiger partial charge in [0, 0.05) is 18.6 Å². The Labute approximate surface area is 103 Å². The highest BCUT2D eigenvalue weighted by molar-refractivity contribution is 6.31. The standard InChI is InChI=1S/C12H9ClN4/c1-17-10(13)6-8-11(15-7-16-12(8)17)9-4-2-3-5-14-9/h2-7H,1H3. The summed E-state index contributed by atoms with van der Waals surface area (Å²) in [5.41, 5.74) is 2.44. The lowest BCUT2D eigenvalue weighted by Gasteiger charge is -2.01. The largest absolute Gasteiger partial charge is 0.319 e. The number of aryl methyl sites for hydroxylation is 1. The molecule has 17 heavy (non-hydrogen) atoms. The van der Waals surface area contributed by atoms with E-state index in [1.807, 2.05) is 35.9 Å². The third-order valence-electron chi connectivity index (χ3n) is 2.67. The van der Waals surface area contributed by atoms with Crippen molar-refractivity contribution in [1.82, 2.24) is 19.5 Å². The van der Waals surface area contributed by atoms with E-state index in [1.165, 1.54) is 6.33 Å². The summed E-state index contributed by atoms with van der Waals surface area (Å²) in [4.78, 5) is 12.8. The van der Waals surface area contributed by atoms with Crippen molar-refractivity contribution in [3.8, 4) is 11.4 Å². The molecule has 0 aromatic carbocycles. The van der Waals surface area contributed by atoms with Crippen molar-refractivity contribution < 1.29 is 0 Å². The second-order valence-corrected chi connectivity index (χ2v) is 4.09. The molecule has 0 N–H and O–H groups in total. The number of fused-ring (bicyclic) bond motifs is 1. The minimum atomic E-state index is 0.637. The maximum atomic E-state index is 6.09. The third kappa shape index (κ3) is 1.57. The molecule has 4 nitrogen and oxygen atoms in total. The predicted molar refractivity (Wildman–Crippen MR) is 66.8 cm³/mol. The summed E-state index contributed by atoms with van der Waals surface area (Å²) in [5, 5.41) is 1.55. The Morgan fingerprint density at radius 1 is 1.18 bits per heavy atom. The van der Waals surface area contributed by atoms with Crippen LogP contribution < -0.4 is 0 Å². The summed E-state index contributed by atoms with van der Waals surface area (Å²) in [6.07, 6.45) is 3.27. The van der Waals surface area contributed by atoms with E-state index in [1.54, 1.807) is 6.20 Å². The summed E-state index contributed by atoms with van der Waals surface area (Å²) < 4.78 is 1.82. The van der Waals surface area contributed by atoms with E-state index in [0.29, 0.717) is 5.15 Å². The minimum Gasteiger partial charge on any atom is -0.319 e. The number of nitrogens with zero attached hydrogens (tertiary/aromatic N) is 4. The normalized spacial score (nSPS) is 10.9. The molecule has 0 aliphatic heterocycles. The highest BCUT2D eigenvalue weighted by atomic mass is 35.5. The Balaban J connectivity index is 2.35. The molecule has 3 heterocycles. The molecule has 3 rings (SSSR count). The van der Waals surface area contributed by atoms with Gasteiger partial charge in [-0.3, -0.25) is 4.98 Å². The van der Waals surface area contributed by atoms with Gasteiger partial charge in [-0.05, 0) is 18.2 Å². The average molecular weight is 245 g/mol. The Hall–Kier alpha value is -1.94. The molecule has 0 unspecified atom stereocenters. The SMILES string of the molecule is Cn1c(Cl)cc2c(-c3ccccn3)ncnc21. The molecule has 0 bridgehead atoms. The van der Waals surface area contributed by atoms with E-state index in [9.17, 15) is 0 Å². The summed E-state index contributed by atoms with van der Waals surface area (Å²) in [5.74, 6) is 0. The zero-order chi connectivity index (χ0) is 11.8. The molecule has 84 valence electrons. The molecule has 3 aromatic rings. The van der Waals surface area contributed by atoms with Crippen LogP contribution in [0.3, 0.4) is 0 Å². The van der Waals surface area contributed by atoms with Crippen molar-refractivity contribution >= 4 is 22.6 Å². The van der Waals surface area contributed by atoms with Crippen molar-refractivity contribution in [3.63, 3.8) is 0 Å². The first-order valence-corrected chi connectivity index (χ1v) is 5.52. The van der Waals surface area contributed by atoms with Crippen LogP contribution in [0.4, 0.5) is 0 Å². The van der Waals surface area contributed by atoms with Gasteiger partial charge in [-0.25, -0.2) is 9.97 Å².